The average Bonchev–Trinajstić information content (AvgIpc) is 2.46. The second-order valence-corrected chi connectivity index (χ2v) is 6.30. The number of aryl methyl sites for hydroxylation is 1. The van der Waals surface area contributed by atoms with E-state index in [1.807, 2.05) is 0 Å². The standard InChI is InChI=1S/C16H14Br2O4/c1-3-15(20)21-11-7-12(17)16(13(18)8-11)22-10-4-5-14(19)9(2)6-10/h4-8,19H,3H2,1-2H3. The van der Waals surface area contributed by atoms with Gasteiger partial charge in [-0.2, -0.15) is 0 Å². The number of phenols is 1. The number of esters is 1. The summed E-state index contributed by atoms with van der Waals surface area (Å²) in [6.07, 6.45) is 0.306. The zero-order chi connectivity index (χ0) is 16.3. The number of halogens is 2. The summed E-state index contributed by atoms with van der Waals surface area (Å²) in [7, 11) is 0. The van der Waals surface area contributed by atoms with Crippen molar-refractivity contribution < 1.29 is 19.4 Å². The number of carbonyl (C=O) groups is 1. The molecule has 4 nitrogen and oxygen atoms in total. The molecular formula is C16H14Br2O4. The summed E-state index contributed by atoms with van der Waals surface area (Å²) in [5, 5.41) is 9.54. The first-order chi connectivity index (χ1) is 10.4. The number of hydrogen-bond donors (Lipinski definition) is 1. The molecule has 2 aromatic carbocycles. The lowest BCUT2D eigenvalue weighted by Gasteiger charge is -2.12. The highest BCUT2D eigenvalue weighted by Crippen LogP contribution is 2.40. The van der Waals surface area contributed by atoms with Gasteiger partial charge in [0.2, 0.25) is 0 Å². The van der Waals surface area contributed by atoms with Gasteiger partial charge in [0.15, 0.2) is 5.75 Å². The van der Waals surface area contributed by atoms with Gasteiger partial charge >= 0.3 is 5.97 Å². The van der Waals surface area contributed by atoms with Crippen molar-refractivity contribution in [3.8, 4) is 23.0 Å². The molecule has 0 aliphatic rings. The lowest BCUT2D eigenvalue weighted by atomic mass is 10.2. The fraction of sp³-hybridized carbons (Fsp3) is 0.188. The maximum absolute atomic E-state index is 11.3. The van der Waals surface area contributed by atoms with Gasteiger partial charge in [-0.15, -0.1) is 0 Å². The topological polar surface area (TPSA) is 55.8 Å². The molecule has 0 aliphatic carbocycles. The van der Waals surface area contributed by atoms with E-state index in [4.69, 9.17) is 9.47 Å². The Morgan fingerprint density at radius 2 is 1.77 bits per heavy atom. The summed E-state index contributed by atoms with van der Waals surface area (Å²) in [4.78, 5) is 11.3. The van der Waals surface area contributed by atoms with Crippen LogP contribution < -0.4 is 9.47 Å². The molecular weight excluding hydrogens is 416 g/mol. The van der Waals surface area contributed by atoms with Gasteiger partial charge < -0.3 is 14.6 Å². The zero-order valence-corrected chi connectivity index (χ0v) is 15.2. The Morgan fingerprint density at radius 1 is 1.14 bits per heavy atom. The zero-order valence-electron chi connectivity index (χ0n) is 12.0. The number of phenolic OH excluding ortho intramolecular Hbond substituents is 1. The van der Waals surface area contributed by atoms with Crippen molar-refractivity contribution in [2.75, 3.05) is 0 Å². The van der Waals surface area contributed by atoms with Crippen LogP contribution in [-0.2, 0) is 4.79 Å². The molecule has 0 fully saturated rings. The average molecular weight is 430 g/mol. The largest absolute Gasteiger partial charge is 0.508 e. The van der Waals surface area contributed by atoms with Crippen molar-refractivity contribution >= 4 is 37.8 Å². The van der Waals surface area contributed by atoms with Crippen molar-refractivity contribution in [2.24, 2.45) is 0 Å². The van der Waals surface area contributed by atoms with Crippen LogP contribution in [-0.4, -0.2) is 11.1 Å². The second-order valence-electron chi connectivity index (χ2n) is 4.59. The molecule has 2 aromatic rings. The van der Waals surface area contributed by atoms with Crippen molar-refractivity contribution in [1.29, 1.82) is 0 Å². The lowest BCUT2D eigenvalue weighted by Crippen LogP contribution is -2.05. The summed E-state index contributed by atoms with van der Waals surface area (Å²) in [5.41, 5.74) is 0.721. The van der Waals surface area contributed by atoms with Crippen LogP contribution in [0.5, 0.6) is 23.0 Å². The molecule has 0 atom stereocenters. The van der Waals surface area contributed by atoms with Crippen LogP contribution in [0.25, 0.3) is 0 Å². The minimum Gasteiger partial charge on any atom is -0.508 e. The Kier molecular flexibility index (Phi) is 5.47. The number of carbonyl (C=O) groups excluding carboxylic acids is 1. The van der Waals surface area contributed by atoms with Crippen LogP contribution in [0.2, 0.25) is 0 Å². The van der Waals surface area contributed by atoms with E-state index in [9.17, 15) is 9.90 Å². The molecule has 0 saturated heterocycles. The first-order valence-corrected chi connectivity index (χ1v) is 8.16. The van der Waals surface area contributed by atoms with E-state index in [2.05, 4.69) is 31.9 Å². The van der Waals surface area contributed by atoms with Gasteiger partial charge in [0.05, 0.1) is 8.95 Å². The Hall–Kier alpha value is -1.53. The fourth-order valence-electron chi connectivity index (χ4n) is 1.71. The molecule has 0 saturated carbocycles. The summed E-state index contributed by atoms with van der Waals surface area (Å²) >= 11 is 6.81. The van der Waals surface area contributed by atoms with Gasteiger partial charge in [0.25, 0.3) is 0 Å². The van der Waals surface area contributed by atoms with Crippen molar-refractivity contribution in [2.45, 2.75) is 20.3 Å². The van der Waals surface area contributed by atoms with Gasteiger partial charge in [-0.3, -0.25) is 4.79 Å². The van der Waals surface area contributed by atoms with E-state index in [-0.39, 0.29) is 11.7 Å². The maximum atomic E-state index is 11.3. The third-order valence-corrected chi connectivity index (χ3v) is 4.06. The van der Waals surface area contributed by atoms with Gasteiger partial charge in [0.1, 0.15) is 17.2 Å². The smallest absolute Gasteiger partial charge is 0.310 e. The SMILES string of the molecule is CCC(=O)Oc1cc(Br)c(Oc2ccc(O)c(C)c2)c(Br)c1. The monoisotopic (exact) mass is 428 g/mol. The van der Waals surface area contributed by atoms with E-state index < -0.39 is 0 Å². The molecule has 6 heteroatoms. The molecule has 0 bridgehead atoms. The first-order valence-electron chi connectivity index (χ1n) is 6.58. The maximum Gasteiger partial charge on any atom is 0.310 e. The number of benzene rings is 2. The van der Waals surface area contributed by atoms with E-state index in [0.717, 1.165) is 5.56 Å². The Balaban J connectivity index is 2.28. The van der Waals surface area contributed by atoms with Gasteiger partial charge in [-0.05, 0) is 74.7 Å². The summed E-state index contributed by atoms with van der Waals surface area (Å²) in [6, 6.07) is 8.32. The first kappa shape index (κ1) is 16.8. The Labute approximate surface area is 145 Å². The predicted molar refractivity (Wildman–Crippen MR) is 90.7 cm³/mol. The van der Waals surface area contributed by atoms with Crippen LogP contribution >= 0.6 is 31.9 Å². The summed E-state index contributed by atoms with van der Waals surface area (Å²) < 4.78 is 12.3. The summed E-state index contributed by atoms with van der Waals surface area (Å²) in [5.74, 6) is 1.49. The van der Waals surface area contributed by atoms with Crippen LogP contribution in [0, 0.1) is 6.92 Å². The molecule has 0 unspecified atom stereocenters. The van der Waals surface area contributed by atoms with Crippen LogP contribution in [0.3, 0.4) is 0 Å². The number of hydrogen-bond acceptors (Lipinski definition) is 4. The quantitative estimate of drug-likeness (QED) is 0.526. The summed E-state index contributed by atoms with van der Waals surface area (Å²) in [6.45, 7) is 3.52. The minimum atomic E-state index is -0.304. The molecule has 0 radical (unpaired) electrons. The third kappa shape index (κ3) is 4.01. The van der Waals surface area contributed by atoms with E-state index >= 15 is 0 Å². The minimum absolute atomic E-state index is 0.215. The van der Waals surface area contributed by atoms with Crippen LogP contribution in [0.15, 0.2) is 39.3 Å². The van der Waals surface area contributed by atoms with Crippen LogP contribution in [0.1, 0.15) is 18.9 Å². The molecule has 0 aliphatic heterocycles. The van der Waals surface area contributed by atoms with Crippen molar-refractivity contribution in [1.82, 2.24) is 0 Å². The molecule has 0 amide bonds. The van der Waals surface area contributed by atoms with Crippen LogP contribution in [0.4, 0.5) is 0 Å². The molecule has 1 N–H and O–H groups in total. The molecule has 0 aromatic heterocycles. The van der Waals surface area contributed by atoms with Gasteiger partial charge in [-0.1, -0.05) is 6.92 Å². The van der Waals surface area contributed by atoms with Gasteiger partial charge in [0, 0.05) is 6.42 Å². The highest BCUT2D eigenvalue weighted by Gasteiger charge is 2.13. The Morgan fingerprint density at radius 3 is 2.32 bits per heavy atom. The van der Waals surface area contributed by atoms with E-state index in [1.165, 1.54) is 0 Å². The van der Waals surface area contributed by atoms with Crippen molar-refractivity contribution in [3.63, 3.8) is 0 Å². The Bertz CT molecular complexity index is 690. The molecule has 0 spiro atoms. The molecule has 0 heterocycles. The fourth-order valence-corrected chi connectivity index (χ4v) is 3.01. The van der Waals surface area contributed by atoms with Gasteiger partial charge in [-0.25, -0.2) is 0 Å². The van der Waals surface area contributed by atoms with E-state index in [1.54, 1.807) is 44.2 Å². The number of rotatable bonds is 4. The number of ether oxygens (including phenoxy) is 2. The second kappa shape index (κ2) is 7.15. The predicted octanol–water partition coefficient (Wildman–Crippen LogP) is 5.33. The van der Waals surface area contributed by atoms with E-state index in [0.29, 0.717) is 32.6 Å². The van der Waals surface area contributed by atoms with Crippen molar-refractivity contribution in [3.05, 3.63) is 44.8 Å². The highest BCUT2D eigenvalue weighted by atomic mass is 79.9. The number of aromatic hydroxyl groups is 1. The lowest BCUT2D eigenvalue weighted by molar-refractivity contribution is -0.134. The third-order valence-electron chi connectivity index (χ3n) is 2.88. The molecule has 22 heavy (non-hydrogen) atoms. The molecule has 116 valence electrons. The highest BCUT2D eigenvalue weighted by molar-refractivity contribution is 9.11. The molecule has 2 rings (SSSR count). The normalized spacial score (nSPS) is 10.4.